The molecule has 2 saturated heterocycles. The highest BCUT2D eigenvalue weighted by atomic mass is 16.2. The number of nitrogens with zero attached hydrogens (tertiary/aromatic N) is 5. The van der Waals surface area contributed by atoms with Crippen LogP contribution in [0.4, 0.5) is 17.1 Å². The molecule has 354 valence electrons. The zero-order valence-electron chi connectivity index (χ0n) is 37.7. The molecule has 11 N–H and O–H groups in total. The van der Waals surface area contributed by atoms with E-state index >= 15 is 0 Å². The summed E-state index contributed by atoms with van der Waals surface area (Å²) in [4.78, 5) is 103. The third-order valence-electron chi connectivity index (χ3n) is 12.0. The minimum absolute atomic E-state index is 0.0489. The van der Waals surface area contributed by atoms with Crippen LogP contribution < -0.4 is 48.7 Å². The molecule has 0 saturated carbocycles. The lowest BCUT2D eigenvalue weighted by Gasteiger charge is -2.37. The average molecular weight is 902 g/mol. The summed E-state index contributed by atoms with van der Waals surface area (Å²) in [6, 6.07) is 11.8. The number of benzene rings is 2. The van der Waals surface area contributed by atoms with Crippen LogP contribution >= 0.6 is 0 Å². The first-order valence-electron chi connectivity index (χ1n) is 22.7. The molecule has 0 aliphatic carbocycles. The van der Waals surface area contributed by atoms with Crippen LogP contribution in [0.15, 0.2) is 53.5 Å². The van der Waals surface area contributed by atoms with Crippen molar-refractivity contribution >= 4 is 64.4 Å². The Morgan fingerprint density at radius 2 is 1.46 bits per heavy atom. The topological polar surface area (TPSA) is 283 Å². The number of rotatable bonds is 21. The lowest BCUT2D eigenvalue weighted by atomic mass is 9.93. The van der Waals surface area contributed by atoms with Gasteiger partial charge in [-0.15, -0.1) is 0 Å². The number of hydrogen-bond acceptors (Lipinski definition) is 12. The summed E-state index contributed by atoms with van der Waals surface area (Å²) in [7, 11) is 0. The Kier molecular flexibility index (Phi) is 19.2. The second kappa shape index (κ2) is 24.9. The summed E-state index contributed by atoms with van der Waals surface area (Å²) < 4.78 is 0. The summed E-state index contributed by atoms with van der Waals surface area (Å²) in [6.45, 7) is 8.69. The Morgan fingerprint density at radius 3 is 2.15 bits per heavy atom. The second-order valence-corrected chi connectivity index (χ2v) is 16.9. The summed E-state index contributed by atoms with van der Waals surface area (Å²) >= 11 is 0. The summed E-state index contributed by atoms with van der Waals surface area (Å²) in [5.74, 6) is -2.23. The van der Waals surface area contributed by atoms with Gasteiger partial charge in [-0.2, -0.15) is 0 Å². The Bertz CT molecular complexity index is 2010. The first-order valence-corrected chi connectivity index (χ1v) is 22.7. The first-order chi connectivity index (χ1) is 31.2. The van der Waals surface area contributed by atoms with E-state index in [1.54, 1.807) is 29.2 Å². The molecule has 0 aromatic heterocycles. The monoisotopic (exact) mass is 902 g/mol. The number of nitrogens with one attached hydrogen (secondary N) is 5. The number of piperazine rings is 1. The highest BCUT2D eigenvalue weighted by Crippen LogP contribution is 2.38. The van der Waals surface area contributed by atoms with Crippen molar-refractivity contribution in [3.8, 4) is 0 Å². The van der Waals surface area contributed by atoms with E-state index in [0.717, 1.165) is 12.8 Å². The van der Waals surface area contributed by atoms with Crippen LogP contribution in [0.25, 0.3) is 0 Å². The fraction of sp³-hybridized carbons (Fsp3) is 0.556. The van der Waals surface area contributed by atoms with Gasteiger partial charge in [0, 0.05) is 59.2 Å². The van der Waals surface area contributed by atoms with Gasteiger partial charge in [-0.25, -0.2) is 0 Å². The van der Waals surface area contributed by atoms with E-state index in [-0.39, 0.29) is 42.6 Å². The summed E-state index contributed by atoms with van der Waals surface area (Å²) in [5.41, 5.74) is 18.8. The van der Waals surface area contributed by atoms with Gasteiger partial charge in [-0.05, 0) is 102 Å². The molecule has 3 aliphatic rings. The van der Waals surface area contributed by atoms with Gasteiger partial charge in [-0.3, -0.25) is 58.6 Å². The molecule has 3 aliphatic heterocycles. The van der Waals surface area contributed by atoms with Gasteiger partial charge >= 0.3 is 0 Å². The number of carbonyl (C=O) groups is 7. The molecular weight excluding hydrogens is 835 g/mol. The van der Waals surface area contributed by atoms with Crippen LogP contribution in [-0.2, 0) is 28.8 Å². The van der Waals surface area contributed by atoms with E-state index < -0.39 is 41.8 Å². The molecule has 20 nitrogen and oxygen atoms in total. The molecule has 2 aromatic rings. The van der Waals surface area contributed by atoms with Crippen molar-refractivity contribution in [2.45, 2.75) is 83.3 Å². The van der Waals surface area contributed by atoms with Crippen molar-refractivity contribution < 1.29 is 33.6 Å². The Labute approximate surface area is 380 Å². The minimum Gasteiger partial charge on any atom is -0.370 e. The quantitative estimate of drug-likeness (QED) is 0.0465. The van der Waals surface area contributed by atoms with Crippen LogP contribution in [0, 0.1) is 5.92 Å². The van der Waals surface area contributed by atoms with Gasteiger partial charge < -0.3 is 43.4 Å². The number of carbonyl (C=O) groups excluding carboxylic acids is 7. The molecule has 3 heterocycles. The van der Waals surface area contributed by atoms with Crippen LogP contribution in [0.2, 0.25) is 0 Å². The van der Waals surface area contributed by atoms with Gasteiger partial charge in [0.25, 0.3) is 5.91 Å². The van der Waals surface area contributed by atoms with Crippen molar-refractivity contribution in [3.05, 3.63) is 54.1 Å². The average Bonchev–Trinajstić information content (AvgIpc) is 3.40. The van der Waals surface area contributed by atoms with Gasteiger partial charge in [0.05, 0.1) is 35.2 Å². The second-order valence-electron chi connectivity index (χ2n) is 16.9. The van der Waals surface area contributed by atoms with Crippen LogP contribution in [0.3, 0.4) is 0 Å². The third kappa shape index (κ3) is 15.1. The fourth-order valence-electron chi connectivity index (χ4n) is 8.36. The maximum atomic E-state index is 13.9. The van der Waals surface area contributed by atoms with Crippen LogP contribution in [0.5, 0.6) is 0 Å². The van der Waals surface area contributed by atoms with Gasteiger partial charge in [0.1, 0.15) is 12.1 Å². The number of anilines is 3. The molecule has 7 amide bonds. The Balaban J connectivity index is 1.04. The molecule has 3 atom stereocenters. The largest absolute Gasteiger partial charge is 0.370 e. The molecule has 0 radical (unpaired) electrons. The summed E-state index contributed by atoms with van der Waals surface area (Å²) in [6.07, 6.45) is 4.42. The minimum atomic E-state index is -0.979. The number of piperidine rings is 1. The normalized spacial score (nSPS) is 17.0. The molecule has 5 rings (SSSR count). The first kappa shape index (κ1) is 50.0. The predicted molar refractivity (Wildman–Crippen MR) is 248 cm³/mol. The smallest absolute Gasteiger partial charge is 0.257 e. The Hall–Kier alpha value is -5.96. The lowest BCUT2D eigenvalue weighted by molar-refractivity contribution is -0.135. The van der Waals surface area contributed by atoms with Gasteiger partial charge in [0.2, 0.25) is 35.4 Å². The maximum absolute atomic E-state index is 13.9. The molecule has 2 aromatic carbocycles. The summed E-state index contributed by atoms with van der Waals surface area (Å²) in [5, 5.41) is 13.9. The fourth-order valence-corrected chi connectivity index (χ4v) is 8.36. The molecule has 0 unspecified atom stereocenters. The molecule has 2 fully saturated rings. The van der Waals surface area contributed by atoms with E-state index in [0.29, 0.717) is 120 Å². The number of unbranched alkanes of at least 4 members (excludes halogenated alkanes) is 1. The van der Waals surface area contributed by atoms with E-state index in [2.05, 4.69) is 41.4 Å². The lowest BCUT2D eigenvalue weighted by Crippen LogP contribution is -2.56. The number of imide groups is 1. The third-order valence-corrected chi connectivity index (χ3v) is 12.0. The van der Waals surface area contributed by atoms with E-state index in [4.69, 9.17) is 17.2 Å². The number of fused-ring (bicyclic) bond motifs is 2. The highest BCUT2D eigenvalue weighted by molar-refractivity contribution is 6.18. The van der Waals surface area contributed by atoms with E-state index in [9.17, 15) is 33.6 Å². The number of nitrogens with two attached hydrogens (primary N) is 3. The molecule has 0 spiro atoms. The predicted octanol–water partition coefficient (Wildman–Crippen LogP) is -0.0437. The number of guanidine groups is 1. The van der Waals surface area contributed by atoms with Crippen LogP contribution in [-0.4, -0.2) is 152 Å². The van der Waals surface area contributed by atoms with Crippen molar-refractivity contribution in [2.24, 2.45) is 28.1 Å². The Morgan fingerprint density at radius 1 is 0.785 bits per heavy atom. The van der Waals surface area contributed by atoms with Crippen molar-refractivity contribution in [1.29, 1.82) is 0 Å². The standard InChI is InChI=1S/C45H67N13O7/c1-30(41(62)54-36(12-7-8-18-46)44(65)52-31(2)59)51-43(64)35(13-9-19-50-45(47)48)49-20-23-55-24-26-57(27-25-55)39(60)28-32-16-21-56(22-17-32)29-40(61)58-37-14-5-3-10-33(37)42(63)53-34-11-4-6-15-38(34)58/h3-6,10-11,14-15,30,32,35-36,49H,7-9,12-13,16-29,46H2,1-2H3,(H,51,64)(H,53,63)(H,54,62)(H4,47,48,50)(H,52,59,65)/t30-,35-,36-/m0/s1. The van der Waals surface area contributed by atoms with Crippen molar-refractivity contribution in [2.75, 3.05) is 82.2 Å². The van der Waals surface area contributed by atoms with Gasteiger partial charge in [-0.1, -0.05) is 24.3 Å². The van der Waals surface area contributed by atoms with Crippen molar-refractivity contribution in [3.63, 3.8) is 0 Å². The molecule has 0 bridgehead atoms. The van der Waals surface area contributed by atoms with Crippen molar-refractivity contribution in [1.82, 2.24) is 36.0 Å². The number of hydrogen-bond donors (Lipinski definition) is 8. The van der Waals surface area contributed by atoms with Crippen LogP contribution in [0.1, 0.15) is 75.6 Å². The number of amides is 7. The zero-order valence-corrected chi connectivity index (χ0v) is 37.7. The highest BCUT2D eigenvalue weighted by Gasteiger charge is 2.33. The van der Waals surface area contributed by atoms with E-state index in [1.165, 1.54) is 13.8 Å². The number of aliphatic imine (C=N–C) groups is 1. The maximum Gasteiger partial charge on any atom is 0.257 e. The van der Waals surface area contributed by atoms with E-state index in [1.807, 2.05) is 29.2 Å². The molecule has 20 heteroatoms. The van der Waals surface area contributed by atoms with Gasteiger partial charge in [0.15, 0.2) is 5.96 Å². The number of likely N-dealkylation sites (tertiary alicyclic amines) is 1. The SMILES string of the molecule is CC(=O)NC(=O)[C@H](CCCCN)NC(=O)[C@H](C)NC(=O)[C@H](CCCN=C(N)N)NCCN1CCN(C(=O)CC2CCN(CC(=O)N3c4ccccc4NC(=O)c4ccccc43)CC2)CC1. The zero-order chi connectivity index (χ0) is 46.9. The molecular formula is C45H67N13O7. The molecule has 65 heavy (non-hydrogen) atoms. The number of para-hydroxylation sites is 3.